The minimum Gasteiger partial charge on any atom is -0.339 e. The monoisotopic (exact) mass is 312 g/mol. The smallest absolute Gasteiger partial charge is 0.223 e. The van der Waals surface area contributed by atoms with Gasteiger partial charge in [0.25, 0.3) is 0 Å². The van der Waals surface area contributed by atoms with Crippen molar-refractivity contribution < 1.29 is 4.79 Å². The first kappa shape index (κ1) is 15.2. The van der Waals surface area contributed by atoms with Gasteiger partial charge in [0.15, 0.2) is 0 Å². The quantitative estimate of drug-likeness (QED) is 0.834. The van der Waals surface area contributed by atoms with Crippen LogP contribution in [0.1, 0.15) is 63.5 Å². The highest BCUT2D eigenvalue weighted by Crippen LogP contribution is 2.61. The van der Waals surface area contributed by atoms with Crippen molar-refractivity contribution >= 4 is 5.91 Å². The lowest BCUT2D eigenvalue weighted by atomic mass is 9.49. The summed E-state index contributed by atoms with van der Waals surface area (Å²) in [6, 6.07) is 4.11. The van der Waals surface area contributed by atoms with E-state index in [0.29, 0.717) is 11.3 Å². The summed E-state index contributed by atoms with van der Waals surface area (Å²) in [6.45, 7) is 2.11. The topological polar surface area (TPSA) is 33.2 Å². The highest BCUT2D eigenvalue weighted by Gasteiger charge is 2.51. The number of rotatable bonds is 4. The predicted molar refractivity (Wildman–Crippen MR) is 90.6 cm³/mol. The molecular weight excluding hydrogens is 284 g/mol. The number of nitrogens with zero attached hydrogens (tertiary/aromatic N) is 2. The van der Waals surface area contributed by atoms with Crippen molar-refractivity contribution in [1.82, 2.24) is 9.88 Å². The first-order valence-electron chi connectivity index (χ1n) is 9.20. The first-order chi connectivity index (χ1) is 11.0. The van der Waals surface area contributed by atoms with Gasteiger partial charge in [-0.2, -0.15) is 0 Å². The SMILES string of the molecule is C[C@@H](c1cccnc1)N(C)C(=O)CC12CC3CC(CC(C3)C1)C2. The van der Waals surface area contributed by atoms with Gasteiger partial charge in [-0.05, 0) is 80.2 Å². The zero-order valence-corrected chi connectivity index (χ0v) is 14.4. The molecule has 1 atom stereocenters. The van der Waals surface area contributed by atoms with Crippen molar-refractivity contribution in [3.8, 4) is 0 Å². The number of carbonyl (C=O) groups excluding carboxylic acids is 1. The summed E-state index contributed by atoms with van der Waals surface area (Å²) < 4.78 is 0. The van der Waals surface area contributed by atoms with E-state index in [1.165, 1.54) is 38.5 Å². The molecule has 5 rings (SSSR count). The van der Waals surface area contributed by atoms with Gasteiger partial charge in [-0.15, -0.1) is 0 Å². The Morgan fingerprint density at radius 2 is 1.87 bits per heavy atom. The molecule has 4 bridgehead atoms. The molecule has 0 N–H and O–H groups in total. The van der Waals surface area contributed by atoms with E-state index < -0.39 is 0 Å². The number of amides is 1. The molecule has 4 saturated carbocycles. The second kappa shape index (κ2) is 5.61. The van der Waals surface area contributed by atoms with Crippen LogP contribution in [-0.4, -0.2) is 22.8 Å². The van der Waals surface area contributed by atoms with Crippen LogP contribution in [0.3, 0.4) is 0 Å². The van der Waals surface area contributed by atoms with E-state index in [0.717, 1.165) is 29.7 Å². The fourth-order valence-corrected chi connectivity index (χ4v) is 6.01. The molecule has 0 aromatic carbocycles. The van der Waals surface area contributed by atoms with Gasteiger partial charge in [-0.1, -0.05) is 6.07 Å². The lowest BCUT2D eigenvalue weighted by molar-refractivity contribution is -0.140. The minimum atomic E-state index is 0.102. The fraction of sp³-hybridized carbons (Fsp3) is 0.700. The molecule has 1 heterocycles. The predicted octanol–water partition coefficient (Wildman–Crippen LogP) is 4.21. The van der Waals surface area contributed by atoms with Gasteiger partial charge in [0.1, 0.15) is 0 Å². The number of pyridine rings is 1. The third kappa shape index (κ3) is 2.79. The Balaban J connectivity index is 1.45. The first-order valence-corrected chi connectivity index (χ1v) is 9.20. The maximum absolute atomic E-state index is 12.9. The Labute approximate surface area is 139 Å². The summed E-state index contributed by atoms with van der Waals surface area (Å²) in [4.78, 5) is 19.1. The van der Waals surface area contributed by atoms with Crippen LogP contribution >= 0.6 is 0 Å². The molecule has 4 aliphatic rings. The van der Waals surface area contributed by atoms with Crippen molar-refractivity contribution in [1.29, 1.82) is 0 Å². The largest absolute Gasteiger partial charge is 0.339 e. The Hall–Kier alpha value is -1.38. The summed E-state index contributed by atoms with van der Waals surface area (Å²) in [6.07, 6.45) is 12.7. The molecule has 0 spiro atoms. The molecule has 0 saturated heterocycles. The van der Waals surface area contributed by atoms with E-state index in [-0.39, 0.29) is 6.04 Å². The van der Waals surface area contributed by atoms with Crippen molar-refractivity contribution in [3.63, 3.8) is 0 Å². The van der Waals surface area contributed by atoms with Crippen molar-refractivity contribution in [2.45, 2.75) is 57.9 Å². The van der Waals surface area contributed by atoms with E-state index >= 15 is 0 Å². The van der Waals surface area contributed by atoms with Crippen LogP contribution in [0.2, 0.25) is 0 Å². The fourth-order valence-electron chi connectivity index (χ4n) is 6.01. The molecule has 0 aliphatic heterocycles. The highest BCUT2D eigenvalue weighted by atomic mass is 16.2. The third-order valence-corrected chi connectivity index (χ3v) is 6.83. The molecule has 1 amide bonds. The van der Waals surface area contributed by atoms with Crippen LogP contribution in [0.25, 0.3) is 0 Å². The van der Waals surface area contributed by atoms with Crippen LogP contribution < -0.4 is 0 Å². The number of aromatic nitrogens is 1. The lowest BCUT2D eigenvalue weighted by Gasteiger charge is -2.57. The summed E-state index contributed by atoms with van der Waals surface area (Å²) >= 11 is 0. The van der Waals surface area contributed by atoms with E-state index in [2.05, 4.69) is 18.0 Å². The number of hydrogen-bond acceptors (Lipinski definition) is 2. The molecule has 1 aromatic heterocycles. The Morgan fingerprint density at radius 1 is 1.26 bits per heavy atom. The van der Waals surface area contributed by atoms with Gasteiger partial charge in [0.05, 0.1) is 6.04 Å². The Morgan fingerprint density at radius 3 is 2.39 bits per heavy atom. The summed E-state index contributed by atoms with van der Waals surface area (Å²) in [5.74, 6) is 3.06. The van der Waals surface area contributed by atoms with Crippen LogP contribution in [-0.2, 0) is 4.79 Å². The molecule has 4 aliphatic carbocycles. The molecule has 124 valence electrons. The average molecular weight is 312 g/mol. The lowest BCUT2D eigenvalue weighted by Crippen LogP contribution is -2.48. The molecule has 1 aromatic rings. The molecule has 23 heavy (non-hydrogen) atoms. The number of hydrogen-bond donors (Lipinski definition) is 0. The van der Waals surface area contributed by atoms with Gasteiger partial charge in [0, 0.05) is 25.9 Å². The van der Waals surface area contributed by atoms with E-state index in [4.69, 9.17) is 0 Å². The standard InChI is InChI=1S/C20H28N2O/c1-14(18-4-3-5-21-13-18)22(2)19(23)12-20-9-15-6-16(10-20)8-17(7-15)11-20/h3-5,13-17H,6-12H2,1-2H3/t14-,15?,16?,17?,20?/m0/s1. The summed E-state index contributed by atoms with van der Waals surface area (Å²) in [5.41, 5.74) is 1.45. The van der Waals surface area contributed by atoms with Crippen LogP contribution in [0, 0.1) is 23.2 Å². The van der Waals surface area contributed by atoms with Crippen LogP contribution in [0.5, 0.6) is 0 Å². The van der Waals surface area contributed by atoms with Gasteiger partial charge in [-0.3, -0.25) is 9.78 Å². The molecule has 0 radical (unpaired) electrons. The zero-order chi connectivity index (χ0) is 16.0. The van der Waals surface area contributed by atoms with E-state index in [9.17, 15) is 4.79 Å². The maximum Gasteiger partial charge on any atom is 0.223 e. The molecule has 3 heteroatoms. The molecule has 3 nitrogen and oxygen atoms in total. The number of carbonyl (C=O) groups is 1. The summed E-state index contributed by atoms with van der Waals surface area (Å²) in [7, 11) is 1.96. The van der Waals surface area contributed by atoms with Crippen LogP contribution in [0.15, 0.2) is 24.5 Å². The maximum atomic E-state index is 12.9. The Bertz CT molecular complexity index is 547. The van der Waals surface area contributed by atoms with Gasteiger partial charge in [0.2, 0.25) is 5.91 Å². The zero-order valence-electron chi connectivity index (χ0n) is 14.4. The second-order valence-corrected chi connectivity index (χ2v) is 8.56. The average Bonchev–Trinajstić information content (AvgIpc) is 2.52. The van der Waals surface area contributed by atoms with Gasteiger partial charge < -0.3 is 4.90 Å². The molecular formula is C20H28N2O. The van der Waals surface area contributed by atoms with Gasteiger partial charge in [-0.25, -0.2) is 0 Å². The van der Waals surface area contributed by atoms with E-state index in [1.54, 1.807) is 6.20 Å². The van der Waals surface area contributed by atoms with Crippen molar-refractivity contribution in [2.24, 2.45) is 23.2 Å². The molecule has 4 fully saturated rings. The van der Waals surface area contributed by atoms with Crippen molar-refractivity contribution in [3.05, 3.63) is 30.1 Å². The minimum absolute atomic E-state index is 0.102. The Kier molecular flexibility index (Phi) is 3.70. The van der Waals surface area contributed by atoms with Gasteiger partial charge >= 0.3 is 0 Å². The van der Waals surface area contributed by atoms with Crippen LogP contribution in [0.4, 0.5) is 0 Å². The normalized spacial score (nSPS) is 36.0. The van der Waals surface area contributed by atoms with E-state index in [1.807, 2.05) is 24.2 Å². The highest BCUT2D eigenvalue weighted by molar-refractivity contribution is 5.77. The third-order valence-electron chi connectivity index (χ3n) is 6.83. The van der Waals surface area contributed by atoms with Crippen molar-refractivity contribution in [2.75, 3.05) is 7.05 Å². The molecule has 0 unspecified atom stereocenters. The summed E-state index contributed by atoms with van der Waals surface area (Å²) in [5, 5.41) is 0. The second-order valence-electron chi connectivity index (χ2n) is 8.56.